The highest BCUT2D eigenvalue weighted by Gasteiger charge is 2.40. The topological polar surface area (TPSA) is 50.2 Å². The van der Waals surface area contributed by atoms with Gasteiger partial charge in [0.1, 0.15) is 0 Å². The van der Waals surface area contributed by atoms with Crippen LogP contribution >= 0.6 is 11.6 Å². The van der Waals surface area contributed by atoms with E-state index in [9.17, 15) is 4.79 Å². The van der Waals surface area contributed by atoms with Crippen molar-refractivity contribution >= 4 is 17.5 Å². The zero-order chi connectivity index (χ0) is 19.7. The van der Waals surface area contributed by atoms with E-state index < -0.39 is 0 Å². The number of carbonyl (C=O) groups excluding carboxylic acids is 1. The summed E-state index contributed by atoms with van der Waals surface area (Å²) in [7, 11) is 1.86. The minimum absolute atomic E-state index is 0.000627. The zero-order valence-electron chi connectivity index (χ0n) is 16.7. The quantitative estimate of drug-likeness (QED) is 0.832. The van der Waals surface area contributed by atoms with Crippen molar-refractivity contribution in [3.8, 4) is 0 Å². The molecule has 1 saturated heterocycles. The van der Waals surface area contributed by atoms with Gasteiger partial charge in [0.15, 0.2) is 0 Å². The molecule has 6 heteroatoms. The van der Waals surface area contributed by atoms with Crippen LogP contribution in [0.15, 0.2) is 30.5 Å². The molecule has 5 nitrogen and oxygen atoms in total. The second kappa shape index (κ2) is 7.88. The van der Waals surface area contributed by atoms with Gasteiger partial charge in [-0.2, -0.15) is 5.10 Å². The molecule has 0 radical (unpaired) electrons. The minimum Gasteiger partial charge on any atom is -0.349 e. The predicted molar refractivity (Wildman–Crippen MR) is 112 cm³/mol. The van der Waals surface area contributed by atoms with Crippen LogP contribution in [0.5, 0.6) is 0 Å². The Balaban J connectivity index is 1.32. The van der Waals surface area contributed by atoms with E-state index in [2.05, 4.69) is 27.4 Å². The summed E-state index contributed by atoms with van der Waals surface area (Å²) in [5, 5.41) is 8.18. The summed E-state index contributed by atoms with van der Waals surface area (Å²) >= 11 is 6.08. The average Bonchev–Trinajstić information content (AvgIpc) is 2.99. The van der Waals surface area contributed by atoms with Crippen molar-refractivity contribution in [3.05, 3.63) is 52.3 Å². The zero-order valence-corrected chi connectivity index (χ0v) is 17.5. The first-order chi connectivity index (χ1) is 13.5. The lowest BCUT2D eigenvalue weighted by atomic mass is 9.64. The Morgan fingerprint density at radius 1 is 1.25 bits per heavy atom. The summed E-state index contributed by atoms with van der Waals surface area (Å²) < 4.78 is 1.74. The molecule has 28 heavy (non-hydrogen) atoms. The van der Waals surface area contributed by atoms with Gasteiger partial charge in [-0.25, -0.2) is 0 Å². The number of piperidine rings is 1. The summed E-state index contributed by atoms with van der Waals surface area (Å²) in [6.07, 6.45) is 7.48. The van der Waals surface area contributed by atoms with E-state index in [0.717, 1.165) is 43.2 Å². The van der Waals surface area contributed by atoms with Crippen molar-refractivity contribution in [1.29, 1.82) is 0 Å². The van der Waals surface area contributed by atoms with Crippen LogP contribution in [0.1, 0.15) is 53.7 Å². The van der Waals surface area contributed by atoms with Crippen LogP contribution in [0.25, 0.3) is 0 Å². The first-order valence-electron chi connectivity index (χ1n) is 10.2. The van der Waals surface area contributed by atoms with Crippen molar-refractivity contribution in [2.45, 2.75) is 50.5 Å². The van der Waals surface area contributed by atoms with Crippen LogP contribution < -0.4 is 5.32 Å². The first kappa shape index (κ1) is 19.5. The summed E-state index contributed by atoms with van der Waals surface area (Å²) in [5.41, 5.74) is 3.30. The summed E-state index contributed by atoms with van der Waals surface area (Å²) in [6, 6.07) is 8.67. The maximum Gasteiger partial charge on any atom is 0.254 e. The Kier molecular flexibility index (Phi) is 5.48. The molecule has 4 rings (SSSR count). The van der Waals surface area contributed by atoms with Gasteiger partial charge < -0.3 is 10.2 Å². The maximum atomic E-state index is 12.5. The highest BCUT2D eigenvalue weighted by atomic mass is 35.5. The highest BCUT2D eigenvalue weighted by molar-refractivity contribution is 6.30. The van der Waals surface area contributed by atoms with Crippen molar-refractivity contribution in [2.24, 2.45) is 7.05 Å². The van der Waals surface area contributed by atoms with Crippen LogP contribution in [0.2, 0.25) is 5.02 Å². The van der Waals surface area contributed by atoms with E-state index in [1.807, 2.05) is 26.1 Å². The summed E-state index contributed by atoms with van der Waals surface area (Å²) in [5.74, 6) is 0.000627. The van der Waals surface area contributed by atoms with Crippen LogP contribution in [0.3, 0.4) is 0 Å². The maximum absolute atomic E-state index is 12.5. The Hall–Kier alpha value is -1.85. The highest BCUT2D eigenvalue weighted by Crippen LogP contribution is 2.44. The fourth-order valence-corrected chi connectivity index (χ4v) is 4.72. The molecule has 1 N–H and O–H groups in total. The Morgan fingerprint density at radius 2 is 1.93 bits per heavy atom. The van der Waals surface area contributed by atoms with Crippen molar-refractivity contribution in [3.63, 3.8) is 0 Å². The Labute approximate surface area is 172 Å². The number of hydrogen-bond donors (Lipinski definition) is 1. The number of nitrogens with zero attached hydrogens (tertiary/aromatic N) is 3. The Bertz CT molecular complexity index is 833. The Morgan fingerprint density at radius 3 is 2.46 bits per heavy atom. The largest absolute Gasteiger partial charge is 0.349 e. The van der Waals surface area contributed by atoms with Crippen molar-refractivity contribution < 1.29 is 4.79 Å². The molecule has 1 aromatic heterocycles. The van der Waals surface area contributed by atoms with Crippen LogP contribution in [0.4, 0.5) is 0 Å². The molecule has 1 aliphatic heterocycles. The lowest BCUT2D eigenvalue weighted by molar-refractivity contribution is 0.0869. The number of benzene rings is 1. The van der Waals surface area contributed by atoms with Gasteiger partial charge in [-0.05, 0) is 50.3 Å². The monoisotopic (exact) mass is 400 g/mol. The van der Waals surface area contributed by atoms with Gasteiger partial charge in [0, 0.05) is 48.9 Å². The molecule has 0 bridgehead atoms. The number of rotatable bonds is 5. The van der Waals surface area contributed by atoms with E-state index in [0.29, 0.717) is 5.56 Å². The SMILES string of the molecule is Cc1c(C(=O)NC2CCN(CC3(c4ccc(Cl)cc4)CCC3)CC2)cnn1C. The number of likely N-dealkylation sites (tertiary alicyclic amines) is 1. The summed E-state index contributed by atoms with van der Waals surface area (Å²) in [6.45, 7) is 5.11. The predicted octanol–water partition coefficient (Wildman–Crippen LogP) is 3.70. The molecule has 1 saturated carbocycles. The molecule has 2 aliphatic rings. The number of nitrogens with one attached hydrogen (secondary N) is 1. The third-order valence-electron chi connectivity index (χ3n) is 6.70. The van der Waals surface area contributed by atoms with Crippen LogP contribution in [-0.4, -0.2) is 46.3 Å². The molecular weight excluding hydrogens is 372 g/mol. The number of hydrogen-bond acceptors (Lipinski definition) is 3. The second-order valence-electron chi connectivity index (χ2n) is 8.43. The van der Waals surface area contributed by atoms with E-state index >= 15 is 0 Å². The van der Waals surface area contributed by atoms with Crippen LogP contribution in [-0.2, 0) is 12.5 Å². The first-order valence-corrected chi connectivity index (χ1v) is 10.6. The number of aromatic nitrogens is 2. The molecule has 2 aromatic rings. The number of amides is 1. The molecule has 1 aliphatic carbocycles. The third-order valence-corrected chi connectivity index (χ3v) is 6.95. The fourth-order valence-electron chi connectivity index (χ4n) is 4.59. The fraction of sp³-hybridized carbons (Fsp3) is 0.545. The minimum atomic E-state index is 0.000627. The standard InChI is InChI=1S/C22H29ClN4O/c1-16-20(14-24-26(16)2)21(28)25-19-8-12-27(13-9-19)15-22(10-3-11-22)17-4-6-18(23)7-5-17/h4-7,14,19H,3,8-13,15H2,1-2H3,(H,25,28). The lowest BCUT2D eigenvalue weighted by Gasteiger charge is -2.47. The van der Waals surface area contributed by atoms with E-state index in [-0.39, 0.29) is 17.4 Å². The normalized spacial score (nSPS) is 20.0. The molecule has 0 unspecified atom stereocenters. The number of carbonyl (C=O) groups is 1. The second-order valence-corrected chi connectivity index (χ2v) is 8.87. The van der Waals surface area contributed by atoms with Crippen molar-refractivity contribution in [1.82, 2.24) is 20.0 Å². The van der Waals surface area contributed by atoms with E-state index in [1.54, 1.807) is 10.9 Å². The molecule has 2 heterocycles. The smallest absolute Gasteiger partial charge is 0.254 e. The van der Waals surface area contributed by atoms with E-state index in [4.69, 9.17) is 11.6 Å². The lowest BCUT2D eigenvalue weighted by Crippen LogP contribution is -2.51. The van der Waals surface area contributed by atoms with Gasteiger partial charge in [0.2, 0.25) is 0 Å². The van der Waals surface area contributed by atoms with Gasteiger partial charge in [-0.1, -0.05) is 30.2 Å². The van der Waals surface area contributed by atoms with Gasteiger partial charge >= 0.3 is 0 Å². The molecule has 1 aromatic carbocycles. The molecular formula is C22H29ClN4O. The molecule has 150 valence electrons. The van der Waals surface area contributed by atoms with Gasteiger partial charge in [-0.3, -0.25) is 9.48 Å². The van der Waals surface area contributed by atoms with Gasteiger partial charge in [0.25, 0.3) is 5.91 Å². The number of aryl methyl sites for hydroxylation is 1. The summed E-state index contributed by atoms with van der Waals surface area (Å²) in [4.78, 5) is 15.1. The molecule has 0 spiro atoms. The van der Waals surface area contributed by atoms with E-state index in [1.165, 1.54) is 24.8 Å². The van der Waals surface area contributed by atoms with Crippen molar-refractivity contribution in [2.75, 3.05) is 19.6 Å². The van der Waals surface area contributed by atoms with Crippen LogP contribution in [0, 0.1) is 6.92 Å². The number of halogens is 1. The molecule has 1 amide bonds. The molecule has 2 fully saturated rings. The molecule has 0 atom stereocenters. The van der Waals surface area contributed by atoms with Gasteiger partial charge in [0.05, 0.1) is 11.8 Å². The third kappa shape index (κ3) is 3.83. The average molecular weight is 401 g/mol. The van der Waals surface area contributed by atoms with Gasteiger partial charge in [-0.15, -0.1) is 0 Å².